The van der Waals surface area contributed by atoms with Crippen LogP contribution >= 0.6 is 0 Å². The molecule has 4 saturated carbocycles. The van der Waals surface area contributed by atoms with Crippen LogP contribution in [0.4, 0.5) is 0 Å². The monoisotopic (exact) mass is 516 g/mol. The Morgan fingerprint density at radius 1 is 0.811 bits per heavy atom. The van der Waals surface area contributed by atoms with E-state index in [2.05, 4.69) is 13.8 Å². The average Bonchev–Trinajstić information content (AvgIpc) is 3.36. The molecule has 37 heavy (non-hydrogen) atoms. The van der Waals surface area contributed by atoms with Gasteiger partial charge < -0.3 is 24.4 Å². The number of esters is 2. The smallest absolute Gasteiger partial charge is 0.339 e. The van der Waals surface area contributed by atoms with E-state index < -0.39 is 11.0 Å². The van der Waals surface area contributed by atoms with E-state index in [-0.39, 0.29) is 65.6 Å². The van der Waals surface area contributed by atoms with Crippen LogP contribution in [0.25, 0.3) is 0 Å². The second kappa shape index (κ2) is 7.72. The number of ether oxygens (including phenoxy) is 3. The van der Waals surface area contributed by atoms with Gasteiger partial charge in [0.05, 0.1) is 18.8 Å². The van der Waals surface area contributed by atoms with Crippen LogP contribution in [0.15, 0.2) is 0 Å². The summed E-state index contributed by atoms with van der Waals surface area (Å²) in [4.78, 5) is 27.0. The first-order chi connectivity index (χ1) is 17.4. The second-order valence-corrected chi connectivity index (χ2v) is 14.8. The van der Waals surface area contributed by atoms with Gasteiger partial charge in [0.15, 0.2) is 5.60 Å². The molecule has 3 aliphatic heterocycles. The van der Waals surface area contributed by atoms with E-state index in [1.807, 2.05) is 13.8 Å². The highest BCUT2D eigenvalue weighted by Gasteiger charge is 2.78. The van der Waals surface area contributed by atoms with Crippen molar-refractivity contribution in [1.29, 1.82) is 0 Å². The quantitative estimate of drug-likeness (QED) is 0.520. The molecule has 7 fully saturated rings. The molecule has 0 aromatic rings. The molecule has 2 unspecified atom stereocenters. The number of hydrogen-bond acceptors (Lipinski definition) is 7. The standard InChI is InChI=1S/C30H44O7/c1-15(31)5-7-17-19-9-21-23(11-27(17,19)3)36-25(33)29(21)13-30(35-14-29)22-10-20-18(8-6-16(2)32)28(20,4)12-24(22)37-26(30)34/h15-24,31-32H,5-14H2,1-4H3/t15-,16+,17+,18+,19+,20+,21+,22+,23-,24-,27-,28-,29?,30?/m1/s1. The molecule has 0 radical (unpaired) electrons. The summed E-state index contributed by atoms with van der Waals surface area (Å²) in [6.07, 6.45) is 6.84. The van der Waals surface area contributed by atoms with Crippen LogP contribution in [0.1, 0.15) is 85.5 Å². The maximum Gasteiger partial charge on any atom is 0.339 e. The summed E-state index contributed by atoms with van der Waals surface area (Å²) in [7, 11) is 0. The molecule has 0 amide bonds. The van der Waals surface area contributed by atoms with Crippen LogP contribution in [0.3, 0.4) is 0 Å². The number of aliphatic hydroxyl groups excluding tert-OH is 2. The van der Waals surface area contributed by atoms with Gasteiger partial charge in [-0.05, 0) is 99.7 Å². The van der Waals surface area contributed by atoms with Gasteiger partial charge in [0.1, 0.15) is 17.6 Å². The second-order valence-electron chi connectivity index (χ2n) is 14.8. The fraction of sp³-hybridized carbons (Fsp3) is 0.933. The third-order valence-corrected chi connectivity index (χ3v) is 12.9. The lowest BCUT2D eigenvalue weighted by Crippen LogP contribution is -2.46. The minimum Gasteiger partial charge on any atom is -0.462 e. The predicted molar refractivity (Wildman–Crippen MR) is 133 cm³/mol. The number of aliphatic hydroxyl groups is 2. The van der Waals surface area contributed by atoms with Gasteiger partial charge in [-0.2, -0.15) is 0 Å². The summed E-state index contributed by atoms with van der Waals surface area (Å²) >= 11 is 0. The molecule has 7 aliphatic rings. The van der Waals surface area contributed by atoms with Crippen LogP contribution in [0.5, 0.6) is 0 Å². The van der Waals surface area contributed by atoms with E-state index in [4.69, 9.17) is 14.2 Å². The summed E-state index contributed by atoms with van der Waals surface area (Å²) in [6, 6.07) is 0. The molecular weight excluding hydrogens is 472 g/mol. The zero-order chi connectivity index (χ0) is 26.1. The number of carbonyl (C=O) groups excluding carboxylic acids is 2. The minimum atomic E-state index is -1.02. The molecule has 4 aliphatic carbocycles. The Kier molecular flexibility index (Phi) is 5.18. The number of hydrogen-bond donors (Lipinski definition) is 2. The van der Waals surface area contributed by atoms with Gasteiger partial charge in [0, 0.05) is 18.3 Å². The molecule has 3 heterocycles. The Labute approximate surface area is 220 Å². The van der Waals surface area contributed by atoms with Crippen LogP contribution in [0.2, 0.25) is 0 Å². The summed E-state index contributed by atoms with van der Waals surface area (Å²) in [5.41, 5.74) is -1.39. The molecule has 7 heteroatoms. The van der Waals surface area contributed by atoms with Crippen molar-refractivity contribution < 1.29 is 34.0 Å². The Bertz CT molecular complexity index is 932. The van der Waals surface area contributed by atoms with Gasteiger partial charge in [-0.3, -0.25) is 4.79 Å². The highest BCUT2D eigenvalue weighted by atomic mass is 16.6. The molecule has 3 saturated heterocycles. The molecular formula is C30H44O7. The molecule has 7 nitrogen and oxygen atoms in total. The van der Waals surface area contributed by atoms with E-state index in [1.165, 1.54) is 0 Å². The molecule has 0 bridgehead atoms. The van der Waals surface area contributed by atoms with Crippen LogP contribution in [-0.4, -0.2) is 58.8 Å². The molecule has 2 spiro atoms. The van der Waals surface area contributed by atoms with Crippen LogP contribution in [-0.2, 0) is 23.8 Å². The zero-order valence-corrected chi connectivity index (χ0v) is 22.8. The number of carbonyl (C=O) groups is 2. The van der Waals surface area contributed by atoms with E-state index in [1.54, 1.807) is 0 Å². The lowest BCUT2D eigenvalue weighted by Gasteiger charge is -2.35. The largest absolute Gasteiger partial charge is 0.462 e. The third-order valence-electron chi connectivity index (χ3n) is 12.9. The van der Waals surface area contributed by atoms with E-state index in [0.29, 0.717) is 30.1 Å². The predicted octanol–water partition coefficient (Wildman–Crippen LogP) is 3.63. The van der Waals surface area contributed by atoms with Crippen LogP contribution < -0.4 is 0 Å². The molecule has 0 aromatic heterocycles. The van der Waals surface area contributed by atoms with E-state index in [0.717, 1.165) is 51.4 Å². The van der Waals surface area contributed by atoms with Crippen molar-refractivity contribution in [3.8, 4) is 0 Å². The zero-order valence-electron chi connectivity index (χ0n) is 22.8. The molecule has 206 valence electrons. The SMILES string of the molecule is C[C@H](O)CC[C@H]1[C@@H]2C[C@H]3[C@@H](C[C@]12C)OC(=O)C31CC2(CO1)C(=O)O[C@@H]1C[C@]3(C)[C@@H](CC[C@@H](C)O)[C@@H]3C[C@@H]12. The van der Waals surface area contributed by atoms with Crippen molar-refractivity contribution in [2.24, 2.45) is 51.8 Å². The minimum absolute atomic E-state index is 0.00517. The summed E-state index contributed by atoms with van der Waals surface area (Å²) in [6.45, 7) is 8.62. The lowest BCUT2D eigenvalue weighted by molar-refractivity contribution is -0.157. The molecule has 0 aromatic carbocycles. The lowest BCUT2D eigenvalue weighted by atomic mass is 9.63. The Morgan fingerprint density at radius 2 is 1.32 bits per heavy atom. The first-order valence-electron chi connectivity index (χ1n) is 14.9. The highest BCUT2D eigenvalue weighted by molar-refractivity contribution is 5.87. The molecule has 14 atom stereocenters. The average molecular weight is 517 g/mol. The van der Waals surface area contributed by atoms with Gasteiger partial charge in [0.2, 0.25) is 0 Å². The topological polar surface area (TPSA) is 102 Å². The van der Waals surface area contributed by atoms with Gasteiger partial charge in [-0.25, -0.2) is 4.79 Å². The fourth-order valence-corrected chi connectivity index (χ4v) is 10.6. The van der Waals surface area contributed by atoms with Gasteiger partial charge in [-0.1, -0.05) is 13.8 Å². The normalized spacial score (nSPS) is 56.3. The van der Waals surface area contributed by atoms with Crippen molar-refractivity contribution >= 4 is 11.9 Å². The van der Waals surface area contributed by atoms with Crippen molar-refractivity contribution in [2.45, 2.75) is 115 Å². The van der Waals surface area contributed by atoms with Gasteiger partial charge >= 0.3 is 11.9 Å². The Balaban J connectivity index is 1.10. The maximum absolute atomic E-state index is 13.5. The summed E-state index contributed by atoms with van der Waals surface area (Å²) in [5.74, 6) is 1.87. The number of fused-ring (bicyclic) bond motifs is 6. The van der Waals surface area contributed by atoms with Gasteiger partial charge in [0.25, 0.3) is 0 Å². The third kappa shape index (κ3) is 3.23. The first kappa shape index (κ1) is 24.8. The molecule has 7 rings (SSSR count). The summed E-state index contributed by atoms with van der Waals surface area (Å²) < 4.78 is 18.6. The van der Waals surface area contributed by atoms with Crippen LogP contribution in [0, 0.1) is 51.8 Å². The van der Waals surface area contributed by atoms with E-state index in [9.17, 15) is 19.8 Å². The molecule has 2 N–H and O–H groups in total. The fourth-order valence-electron chi connectivity index (χ4n) is 10.6. The van der Waals surface area contributed by atoms with Crippen molar-refractivity contribution in [3.63, 3.8) is 0 Å². The van der Waals surface area contributed by atoms with E-state index >= 15 is 0 Å². The van der Waals surface area contributed by atoms with Crippen molar-refractivity contribution in [3.05, 3.63) is 0 Å². The number of rotatable bonds is 6. The van der Waals surface area contributed by atoms with Crippen molar-refractivity contribution in [1.82, 2.24) is 0 Å². The van der Waals surface area contributed by atoms with Crippen molar-refractivity contribution in [2.75, 3.05) is 6.61 Å². The first-order valence-corrected chi connectivity index (χ1v) is 14.9. The van der Waals surface area contributed by atoms with Gasteiger partial charge in [-0.15, -0.1) is 0 Å². The maximum atomic E-state index is 13.5. The summed E-state index contributed by atoms with van der Waals surface area (Å²) in [5, 5.41) is 19.6. The highest BCUT2D eigenvalue weighted by Crippen LogP contribution is 2.75. The Morgan fingerprint density at radius 3 is 1.89 bits per heavy atom. The Hall–Kier alpha value is -1.18.